The second-order valence-electron chi connectivity index (χ2n) is 4.18. The zero-order valence-electron chi connectivity index (χ0n) is 10.9. The number of aromatic nitrogens is 2. The van der Waals surface area contributed by atoms with E-state index in [0.717, 1.165) is 0 Å². The molecule has 6 nitrogen and oxygen atoms in total. The van der Waals surface area contributed by atoms with Gasteiger partial charge in [0, 0.05) is 31.0 Å². The van der Waals surface area contributed by atoms with E-state index < -0.39 is 0 Å². The monoisotopic (exact) mass is 290 g/mol. The number of amides is 1. The van der Waals surface area contributed by atoms with Crippen molar-refractivity contribution in [2.45, 2.75) is 13.3 Å². The predicted octanol–water partition coefficient (Wildman–Crippen LogP) is 0.985. The third-order valence-corrected chi connectivity index (χ3v) is 2.85. The number of thiocarbonyl (C=S) groups is 1. The molecular weight excluding hydrogens is 276 g/mol. The SMILES string of the molecule is Cc1nc(CCNC(=O)c2cccc(C(N)=S)c2)no1. The maximum Gasteiger partial charge on any atom is 0.251 e. The summed E-state index contributed by atoms with van der Waals surface area (Å²) in [6.07, 6.45) is 0.512. The number of rotatable bonds is 5. The Morgan fingerprint density at radius 1 is 1.45 bits per heavy atom. The van der Waals surface area contributed by atoms with E-state index in [1.54, 1.807) is 31.2 Å². The lowest BCUT2D eigenvalue weighted by atomic mass is 10.1. The quantitative estimate of drug-likeness (QED) is 0.797. The van der Waals surface area contributed by atoms with Crippen LogP contribution in [0.5, 0.6) is 0 Å². The number of carbonyl (C=O) groups is 1. The van der Waals surface area contributed by atoms with Gasteiger partial charge in [0.05, 0.1) is 0 Å². The van der Waals surface area contributed by atoms with E-state index in [1.165, 1.54) is 0 Å². The fraction of sp³-hybridized carbons (Fsp3) is 0.231. The first-order chi connectivity index (χ1) is 9.56. The molecule has 1 amide bonds. The number of nitrogens with zero attached hydrogens (tertiary/aromatic N) is 2. The molecule has 0 radical (unpaired) electrons. The summed E-state index contributed by atoms with van der Waals surface area (Å²) in [5.74, 6) is 0.887. The molecule has 1 heterocycles. The lowest BCUT2D eigenvalue weighted by Gasteiger charge is -2.05. The summed E-state index contributed by atoms with van der Waals surface area (Å²) in [6, 6.07) is 6.87. The molecule has 0 saturated carbocycles. The zero-order chi connectivity index (χ0) is 14.5. The van der Waals surface area contributed by atoms with Gasteiger partial charge in [-0.2, -0.15) is 4.98 Å². The molecule has 0 fully saturated rings. The summed E-state index contributed by atoms with van der Waals surface area (Å²) in [5, 5.41) is 6.53. The minimum atomic E-state index is -0.191. The average Bonchev–Trinajstić information content (AvgIpc) is 2.84. The molecular formula is C13H14N4O2S. The predicted molar refractivity (Wildman–Crippen MR) is 77.4 cm³/mol. The first-order valence-corrected chi connectivity index (χ1v) is 6.44. The molecule has 20 heavy (non-hydrogen) atoms. The zero-order valence-corrected chi connectivity index (χ0v) is 11.7. The van der Waals surface area contributed by atoms with E-state index in [9.17, 15) is 4.79 Å². The Morgan fingerprint density at radius 3 is 2.85 bits per heavy atom. The molecule has 1 aromatic heterocycles. The second kappa shape index (κ2) is 6.25. The highest BCUT2D eigenvalue weighted by Crippen LogP contribution is 2.05. The Morgan fingerprint density at radius 2 is 2.20 bits per heavy atom. The number of hydrogen-bond acceptors (Lipinski definition) is 5. The van der Waals surface area contributed by atoms with Crippen molar-refractivity contribution in [3.63, 3.8) is 0 Å². The molecule has 104 valence electrons. The highest BCUT2D eigenvalue weighted by atomic mass is 32.1. The van der Waals surface area contributed by atoms with Crippen LogP contribution in [0.25, 0.3) is 0 Å². The van der Waals surface area contributed by atoms with Crippen molar-refractivity contribution in [2.24, 2.45) is 5.73 Å². The summed E-state index contributed by atoms with van der Waals surface area (Å²) in [7, 11) is 0. The van der Waals surface area contributed by atoms with Gasteiger partial charge in [-0.25, -0.2) is 0 Å². The van der Waals surface area contributed by atoms with Crippen LogP contribution in [0.3, 0.4) is 0 Å². The van der Waals surface area contributed by atoms with Crippen molar-refractivity contribution in [3.8, 4) is 0 Å². The molecule has 0 unspecified atom stereocenters. The molecule has 3 N–H and O–H groups in total. The Kier molecular flexibility index (Phi) is 4.41. The summed E-state index contributed by atoms with van der Waals surface area (Å²) in [6.45, 7) is 2.14. The number of nitrogens with one attached hydrogen (secondary N) is 1. The summed E-state index contributed by atoms with van der Waals surface area (Å²) in [4.78, 5) is 16.3. The number of carbonyl (C=O) groups excluding carboxylic acids is 1. The number of benzene rings is 1. The normalized spacial score (nSPS) is 10.2. The van der Waals surface area contributed by atoms with Gasteiger partial charge in [0.2, 0.25) is 5.89 Å². The van der Waals surface area contributed by atoms with Crippen LogP contribution in [-0.4, -0.2) is 27.6 Å². The number of nitrogens with two attached hydrogens (primary N) is 1. The van der Waals surface area contributed by atoms with Crippen LogP contribution in [-0.2, 0) is 6.42 Å². The van der Waals surface area contributed by atoms with Crippen molar-refractivity contribution < 1.29 is 9.32 Å². The van der Waals surface area contributed by atoms with E-state index >= 15 is 0 Å². The van der Waals surface area contributed by atoms with Gasteiger partial charge in [0.25, 0.3) is 5.91 Å². The van der Waals surface area contributed by atoms with Gasteiger partial charge in [0.15, 0.2) is 5.82 Å². The van der Waals surface area contributed by atoms with Gasteiger partial charge in [-0.05, 0) is 12.1 Å². The Balaban J connectivity index is 1.91. The van der Waals surface area contributed by atoms with Gasteiger partial charge in [-0.15, -0.1) is 0 Å². The molecule has 0 aliphatic rings. The molecule has 7 heteroatoms. The largest absolute Gasteiger partial charge is 0.389 e. The first kappa shape index (κ1) is 14.1. The Bertz CT molecular complexity index is 639. The van der Waals surface area contributed by atoms with Crippen molar-refractivity contribution in [2.75, 3.05) is 6.54 Å². The Labute approximate surface area is 121 Å². The molecule has 2 aromatic rings. The van der Waals surface area contributed by atoms with Crippen LogP contribution in [0.15, 0.2) is 28.8 Å². The molecule has 1 aromatic carbocycles. The second-order valence-corrected chi connectivity index (χ2v) is 4.62. The van der Waals surface area contributed by atoms with Gasteiger partial charge >= 0.3 is 0 Å². The molecule has 2 rings (SSSR count). The van der Waals surface area contributed by atoms with Gasteiger partial charge in [0.1, 0.15) is 4.99 Å². The molecule has 0 aliphatic carbocycles. The highest BCUT2D eigenvalue weighted by Gasteiger charge is 2.08. The average molecular weight is 290 g/mol. The number of aryl methyl sites for hydroxylation is 1. The van der Waals surface area contributed by atoms with Crippen LogP contribution >= 0.6 is 12.2 Å². The fourth-order valence-corrected chi connectivity index (χ4v) is 1.77. The maximum atomic E-state index is 12.0. The molecule has 0 aliphatic heterocycles. The lowest BCUT2D eigenvalue weighted by Crippen LogP contribution is -2.26. The van der Waals surface area contributed by atoms with Crippen molar-refractivity contribution in [1.82, 2.24) is 15.5 Å². The molecule has 0 saturated heterocycles. The maximum absolute atomic E-state index is 12.0. The minimum absolute atomic E-state index is 0.191. The highest BCUT2D eigenvalue weighted by molar-refractivity contribution is 7.80. The molecule has 0 spiro atoms. The van der Waals surface area contributed by atoms with Crippen LogP contribution in [0, 0.1) is 6.92 Å². The fourth-order valence-electron chi connectivity index (χ4n) is 1.65. The van der Waals surface area contributed by atoms with Crippen molar-refractivity contribution in [1.29, 1.82) is 0 Å². The van der Waals surface area contributed by atoms with Crippen molar-refractivity contribution >= 4 is 23.1 Å². The molecule has 0 atom stereocenters. The Hall–Kier alpha value is -2.28. The van der Waals surface area contributed by atoms with Crippen LogP contribution in [0.4, 0.5) is 0 Å². The van der Waals surface area contributed by atoms with E-state index in [4.69, 9.17) is 22.5 Å². The third-order valence-electron chi connectivity index (χ3n) is 2.61. The standard InChI is InChI=1S/C13H14N4O2S/c1-8-16-11(17-19-8)5-6-15-13(18)10-4-2-3-9(7-10)12(14)20/h2-4,7H,5-6H2,1H3,(H2,14,20)(H,15,18). The van der Waals surface area contributed by atoms with Gasteiger partial charge < -0.3 is 15.6 Å². The minimum Gasteiger partial charge on any atom is -0.389 e. The third kappa shape index (κ3) is 3.61. The topological polar surface area (TPSA) is 94.0 Å². The van der Waals surface area contributed by atoms with Crippen LogP contribution in [0.1, 0.15) is 27.6 Å². The van der Waals surface area contributed by atoms with E-state index in [-0.39, 0.29) is 10.9 Å². The summed E-state index contributed by atoms with van der Waals surface area (Å²) >= 11 is 4.88. The van der Waals surface area contributed by atoms with E-state index in [2.05, 4.69) is 15.5 Å². The molecule has 0 bridgehead atoms. The van der Waals surface area contributed by atoms with E-state index in [0.29, 0.717) is 35.8 Å². The number of hydrogen-bond donors (Lipinski definition) is 2. The first-order valence-electron chi connectivity index (χ1n) is 6.03. The van der Waals surface area contributed by atoms with Crippen LogP contribution in [0.2, 0.25) is 0 Å². The van der Waals surface area contributed by atoms with Gasteiger partial charge in [-0.3, -0.25) is 4.79 Å². The smallest absolute Gasteiger partial charge is 0.251 e. The van der Waals surface area contributed by atoms with Crippen LogP contribution < -0.4 is 11.1 Å². The van der Waals surface area contributed by atoms with E-state index in [1.807, 2.05) is 0 Å². The lowest BCUT2D eigenvalue weighted by molar-refractivity contribution is 0.0954. The summed E-state index contributed by atoms with van der Waals surface area (Å²) in [5.41, 5.74) is 6.72. The summed E-state index contributed by atoms with van der Waals surface area (Å²) < 4.78 is 4.85. The van der Waals surface area contributed by atoms with Gasteiger partial charge in [-0.1, -0.05) is 29.5 Å². The van der Waals surface area contributed by atoms with Crippen molar-refractivity contribution in [3.05, 3.63) is 47.1 Å².